The lowest BCUT2D eigenvalue weighted by Gasteiger charge is -2.25. The van der Waals surface area contributed by atoms with Gasteiger partial charge in [-0.3, -0.25) is 9.59 Å². The summed E-state index contributed by atoms with van der Waals surface area (Å²) in [5.41, 5.74) is 1.25. The number of likely N-dealkylation sites (tertiary alicyclic amines) is 1. The fraction of sp³-hybridized carbons (Fsp3) is 0.208. The number of carbonyl (C=O) groups excluding carboxylic acids is 2. The predicted molar refractivity (Wildman–Crippen MR) is 123 cm³/mol. The molecule has 1 atom stereocenters. The summed E-state index contributed by atoms with van der Waals surface area (Å²) in [5, 5.41) is 11.1. The van der Waals surface area contributed by atoms with E-state index in [-0.39, 0.29) is 11.3 Å². The van der Waals surface area contributed by atoms with E-state index < -0.39 is 17.7 Å². The van der Waals surface area contributed by atoms with Crippen LogP contribution in [0.5, 0.6) is 5.75 Å². The van der Waals surface area contributed by atoms with Crippen molar-refractivity contribution in [2.24, 2.45) is 0 Å². The molecule has 2 aromatic carbocycles. The minimum atomic E-state index is -0.694. The topological polar surface area (TPSA) is 84.7 Å². The number of Topliss-reactive ketones (excluding diaryl/α,β-unsaturated/α-hetero) is 1. The summed E-state index contributed by atoms with van der Waals surface area (Å²) in [6.45, 7) is 1.02. The van der Waals surface area contributed by atoms with E-state index in [1.807, 2.05) is 35.0 Å². The maximum atomic E-state index is 13.1. The Balaban J connectivity index is 1.73. The van der Waals surface area contributed by atoms with Gasteiger partial charge in [0.25, 0.3) is 11.7 Å². The fourth-order valence-electron chi connectivity index (χ4n) is 3.87. The average Bonchev–Trinajstić information content (AvgIpc) is 3.41. The van der Waals surface area contributed by atoms with Gasteiger partial charge in [0.15, 0.2) is 0 Å². The van der Waals surface area contributed by atoms with E-state index in [0.717, 1.165) is 10.0 Å². The number of methoxy groups -OCH3 is 1. The third-order valence-corrected chi connectivity index (χ3v) is 5.97. The smallest absolute Gasteiger partial charge is 0.295 e. The van der Waals surface area contributed by atoms with Crippen molar-refractivity contribution in [2.75, 3.05) is 13.7 Å². The molecule has 8 heteroatoms. The molecule has 0 spiro atoms. The van der Waals surface area contributed by atoms with Crippen LogP contribution in [0.2, 0.25) is 0 Å². The highest BCUT2D eigenvalue weighted by Gasteiger charge is 2.45. The largest absolute Gasteiger partial charge is 0.507 e. The molecule has 1 aromatic heterocycles. The first kappa shape index (κ1) is 21.8. The van der Waals surface area contributed by atoms with Gasteiger partial charge in [-0.1, -0.05) is 40.2 Å². The number of aromatic nitrogens is 2. The second-order valence-corrected chi connectivity index (χ2v) is 8.35. The highest BCUT2D eigenvalue weighted by molar-refractivity contribution is 9.10. The van der Waals surface area contributed by atoms with Gasteiger partial charge in [-0.25, -0.2) is 4.98 Å². The molecule has 1 fully saturated rings. The van der Waals surface area contributed by atoms with Crippen LogP contribution in [0.3, 0.4) is 0 Å². The van der Waals surface area contributed by atoms with Crippen LogP contribution in [-0.2, 0) is 16.1 Å². The first-order valence-corrected chi connectivity index (χ1v) is 10.9. The van der Waals surface area contributed by atoms with E-state index in [4.69, 9.17) is 4.74 Å². The Bertz CT molecular complexity index is 1160. The number of benzene rings is 2. The zero-order chi connectivity index (χ0) is 22.7. The van der Waals surface area contributed by atoms with Gasteiger partial charge >= 0.3 is 0 Å². The number of ether oxygens (including phenoxy) is 1. The number of amides is 1. The number of nitrogens with zero attached hydrogens (tertiary/aromatic N) is 3. The highest BCUT2D eigenvalue weighted by atomic mass is 79.9. The van der Waals surface area contributed by atoms with Crippen LogP contribution in [0.25, 0.3) is 5.76 Å². The van der Waals surface area contributed by atoms with Crippen LogP contribution in [-0.4, -0.2) is 44.9 Å². The Morgan fingerprint density at radius 3 is 2.62 bits per heavy atom. The second-order valence-electron chi connectivity index (χ2n) is 7.43. The number of rotatable bonds is 7. The number of carbonyl (C=O) groups is 2. The van der Waals surface area contributed by atoms with Crippen LogP contribution >= 0.6 is 15.9 Å². The van der Waals surface area contributed by atoms with Gasteiger partial charge < -0.3 is 19.3 Å². The molecule has 1 aliphatic rings. The Kier molecular flexibility index (Phi) is 6.41. The number of ketones is 1. The first-order chi connectivity index (χ1) is 15.5. The maximum absolute atomic E-state index is 13.1. The Morgan fingerprint density at radius 2 is 1.94 bits per heavy atom. The Hall–Kier alpha value is -3.39. The van der Waals surface area contributed by atoms with Gasteiger partial charge in [-0.05, 0) is 36.2 Å². The molecule has 1 saturated heterocycles. The Labute approximate surface area is 194 Å². The lowest BCUT2D eigenvalue weighted by Crippen LogP contribution is -2.31. The molecule has 0 radical (unpaired) electrons. The van der Waals surface area contributed by atoms with E-state index in [0.29, 0.717) is 30.8 Å². The molecule has 7 nitrogen and oxygen atoms in total. The van der Waals surface area contributed by atoms with Gasteiger partial charge in [0.1, 0.15) is 11.5 Å². The molecule has 0 unspecified atom stereocenters. The van der Waals surface area contributed by atoms with Crippen molar-refractivity contribution in [1.82, 2.24) is 14.5 Å². The van der Waals surface area contributed by atoms with Gasteiger partial charge in [0, 0.05) is 35.5 Å². The van der Waals surface area contributed by atoms with Crippen LogP contribution < -0.4 is 4.74 Å². The average molecular weight is 496 g/mol. The number of hydrogen-bond donors (Lipinski definition) is 1. The van der Waals surface area contributed by atoms with Crippen molar-refractivity contribution in [3.05, 3.63) is 88.4 Å². The van der Waals surface area contributed by atoms with E-state index in [1.165, 1.54) is 12.0 Å². The standard InChI is InChI=1S/C24H22BrN3O4/c1-32-19-5-2-4-17(14-19)22(29)20-21(16-6-8-18(25)9-7-16)28(24(31)23(20)30)12-3-11-27-13-10-26-15-27/h2,4-10,13-15,21,29H,3,11-12H2,1H3/b22-20+/t21-/m1/s1. The molecular weight excluding hydrogens is 474 g/mol. The van der Waals surface area contributed by atoms with Crippen molar-refractivity contribution in [2.45, 2.75) is 19.0 Å². The summed E-state index contributed by atoms with van der Waals surface area (Å²) in [4.78, 5) is 31.6. The number of halogens is 1. The third-order valence-electron chi connectivity index (χ3n) is 5.44. The molecule has 2 heterocycles. The highest BCUT2D eigenvalue weighted by Crippen LogP contribution is 2.40. The van der Waals surface area contributed by atoms with Crippen molar-refractivity contribution < 1.29 is 19.4 Å². The number of imidazole rings is 1. The molecule has 0 saturated carbocycles. The van der Waals surface area contributed by atoms with Gasteiger partial charge in [0.2, 0.25) is 0 Å². The summed E-state index contributed by atoms with van der Waals surface area (Å²) in [6, 6.07) is 13.5. The summed E-state index contributed by atoms with van der Waals surface area (Å²) < 4.78 is 8.04. The molecule has 1 N–H and O–H groups in total. The Morgan fingerprint density at radius 1 is 1.16 bits per heavy atom. The summed E-state index contributed by atoms with van der Waals surface area (Å²) in [5.74, 6) is -0.982. The molecule has 1 amide bonds. The number of aliphatic hydroxyl groups excluding tert-OH is 1. The maximum Gasteiger partial charge on any atom is 0.295 e. The van der Waals surface area contributed by atoms with Gasteiger partial charge in [0.05, 0.1) is 25.1 Å². The van der Waals surface area contributed by atoms with E-state index in [1.54, 1.807) is 36.8 Å². The molecule has 32 heavy (non-hydrogen) atoms. The molecule has 3 aromatic rings. The SMILES string of the molecule is COc1cccc(/C(O)=C2\C(=O)C(=O)N(CCCn3ccnc3)[C@@H]2c2ccc(Br)cc2)c1. The van der Waals surface area contributed by atoms with Gasteiger partial charge in [-0.15, -0.1) is 0 Å². The zero-order valence-electron chi connectivity index (χ0n) is 17.4. The monoisotopic (exact) mass is 495 g/mol. The second kappa shape index (κ2) is 9.40. The van der Waals surface area contributed by atoms with E-state index in [2.05, 4.69) is 20.9 Å². The fourth-order valence-corrected chi connectivity index (χ4v) is 4.14. The van der Waals surface area contributed by atoms with Crippen molar-refractivity contribution in [1.29, 1.82) is 0 Å². The van der Waals surface area contributed by atoms with Gasteiger partial charge in [-0.2, -0.15) is 0 Å². The molecule has 4 rings (SSSR count). The van der Waals surface area contributed by atoms with E-state index >= 15 is 0 Å². The van der Waals surface area contributed by atoms with E-state index in [9.17, 15) is 14.7 Å². The summed E-state index contributed by atoms with van der Waals surface area (Å²) >= 11 is 3.42. The number of aliphatic hydroxyl groups is 1. The zero-order valence-corrected chi connectivity index (χ0v) is 19.0. The van der Waals surface area contributed by atoms with Crippen molar-refractivity contribution in [3.8, 4) is 5.75 Å². The van der Waals surface area contributed by atoms with Crippen LogP contribution in [0, 0.1) is 0 Å². The lowest BCUT2D eigenvalue weighted by molar-refractivity contribution is -0.139. The van der Waals surface area contributed by atoms with Crippen LogP contribution in [0.1, 0.15) is 23.6 Å². The molecule has 0 bridgehead atoms. The minimum absolute atomic E-state index is 0.0770. The van der Waals surface area contributed by atoms with Crippen LogP contribution in [0.4, 0.5) is 0 Å². The molecule has 1 aliphatic heterocycles. The first-order valence-electron chi connectivity index (χ1n) is 10.1. The third kappa shape index (κ3) is 4.31. The predicted octanol–water partition coefficient (Wildman–Crippen LogP) is 4.17. The molecule has 164 valence electrons. The normalized spacial score (nSPS) is 17.7. The van der Waals surface area contributed by atoms with Crippen LogP contribution in [0.15, 0.2) is 77.3 Å². The van der Waals surface area contributed by atoms with Crippen molar-refractivity contribution >= 4 is 33.4 Å². The summed E-state index contributed by atoms with van der Waals surface area (Å²) in [7, 11) is 1.53. The van der Waals surface area contributed by atoms with Crippen molar-refractivity contribution in [3.63, 3.8) is 0 Å². The molecule has 0 aliphatic carbocycles. The lowest BCUT2D eigenvalue weighted by atomic mass is 9.95. The number of aryl methyl sites for hydroxylation is 1. The quantitative estimate of drug-likeness (QED) is 0.302. The summed E-state index contributed by atoms with van der Waals surface area (Å²) in [6.07, 6.45) is 5.89. The molecular formula is C24H22BrN3O4. The minimum Gasteiger partial charge on any atom is -0.507 e. The number of hydrogen-bond acceptors (Lipinski definition) is 5.